The number of nitrogens with one attached hydrogen (secondary N) is 1. The van der Waals surface area contributed by atoms with Crippen molar-refractivity contribution in [1.82, 2.24) is 5.32 Å². The predicted octanol–water partition coefficient (Wildman–Crippen LogP) is 4.78. The number of hydrogen-bond donors (Lipinski definition) is 1. The van der Waals surface area contributed by atoms with Gasteiger partial charge in [-0.1, -0.05) is 67.2 Å². The van der Waals surface area contributed by atoms with Crippen LogP contribution in [0.5, 0.6) is 0 Å². The summed E-state index contributed by atoms with van der Waals surface area (Å²) in [6.45, 7) is 7.74. The molecule has 0 radical (unpaired) electrons. The average Bonchev–Trinajstić information content (AvgIpc) is 2.67. The summed E-state index contributed by atoms with van der Waals surface area (Å²) < 4.78 is 24.2. The molecule has 5 nitrogen and oxygen atoms in total. The number of hydrogen-bond acceptors (Lipinski definition) is 4. The second-order valence-electron chi connectivity index (χ2n) is 5.51. The lowest BCUT2D eigenvalue weighted by molar-refractivity contribution is -0.116. The molecule has 138 valence electrons. The van der Waals surface area contributed by atoms with Gasteiger partial charge in [0.2, 0.25) is 0 Å². The van der Waals surface area contributed by atoms with Gasteiger partial charge in [0.1, 0.15) is 0 Å². The maximum absolute atomic E-state index is 13.3. The lowest BCUT2D eigenvalue weighted by atomic mass is 10.1. The van der Waals surface area contributed by atoms with Crippen molar-refractivity contribution < 1.29 is 18.4 Å². The van der Waals surface area contributed by atoms with E-state index in [0.717, 1.165) is 0 Å². The zero-order valence-corrected chi connectivity index (χ0v) is 15.9. The Morgan fingerprint density at radius 1 is 1.00 bits per heavy atom. The van der Waals surface area contributed by atoms with Crippen LogP contribution in [0.25, 0.3) is 5.57 Å². The normalized spacial score (nSPS) is 12.4. The smallest absolute Gasteiger partial charge is 0.334 e. The maximum atomic E-state index is 13.3. The van der Waals surface area contributed by atoms with Crippen molar-refractivity contribution in [2.75, 3.05) is 13.2 Å². The van der Waals surface area contributed by atoms with Crippen LogP contribution < -0.4 is 5.32 Å². The summed E-state index contributed by atoms with van der Waals surface area (Å²) in [4.78, 5) is 12.7. The molecule has 6 heteroatoms. The molecule has 0 aliphatic rings. The maximum Gasteiger partial charge on any atom is 0.357 e. The number of benzene rings is 2. The molecule has 0 aliphatic carbocycles. The van der Waals surface area contributed by atoms with E-state index in [9.17, 15) is 9.36 Å². The van der Waals surface area contributed by atoms with Gasteiger partial charge in [0.15, 0.2) is 5.78 Å². The topological polar surface area (TPSA) is 64.6 Å². The Balaban J connectivity index is 2.34. The fraction of sp³-hybridized carbons (Fsp3) is 0.250. The van der Waals surface area contributed by atoms with Crippen LogP contribution in [-0.4, -0.2) is 19.1 Å². The summed E-state index contributed by atoms with van der Waals surface area (Å²) in [7, 11) is -3.61. The molecule has 0 saturated carbocycles. The van der Waals surface area contributed by atoms with Gasteiger partial charge in [0.25, 0.3) is 5.91 Å². The number of rotatable bonds is 9. The van der Waals surface area contributed by atoms with E-state index in [1.807, 2.05) is 36.4 Å². The fourth-order valence-electron chi connectivity index (χ4n) is 2.51. The van der Waals surface area contributed by atoms with Crippen molar-refractivity contribution in [2.24, 2.45) is 0 Å². The van der Waals surface area contributed by atoms with Crippen LogP contribution in [0.3, 0.4) is 0 Å². The zero-order valence-electron chi connectivity index (χ0n) is 15.1. The second-order valence-corrected chi connectivity index (χ2v) is 7.62. The Morgan fingerprint density at radius 2 is 1.50 bits per heavy atom. The largest absolute Gasteiger partial charge is 0.357 e. The van der Waals surface area contributed by atoms with Crippen molar-refractivity contribution in [1.29, 1.82) is 0 Å². The summed E-state index contributed by atoms with van der Waals surface area (Å²) in [5, 5.41) is 2.79. The summed E-state index contributed by atoms with van der Waals surface area (Å²) in [6.07, 6.45) is 0. The molecule has 0 bridgehead atoms. The van der Waals surface area contributed by atoms with Gasteiger partial charge in [-0.25, -0.2) is 0 Å². The molecule has 1 amide bonds. The van der Waals surface area contributed by atoms with Gasteiger partial charge in [0.05, 0.1) is 13.2 Å². The van der Waals surface area contributed by atoms with Crippen molar-refractivity contribution in [2.45, 2.75) is 19.6 Å². The predicted molar refractivity (Wildman–Crippen MR) is 104 cm³/mol. The lowest BCUT2D eigenvalue weighted by Crippen LogP contribution is -2.30. The molecule has 2 aromatic rings. The molecule has 0 saturated heterocycles. The van der Waals surface area contributed by atoms with Crippen molar-refractivity contribution in [3.8, 4) is 0 Å². The van der Waals surface area contributed by atoms with Gasteiger partial charge in [-0.15, -0.1) is 0 Å². The SMILES string of the molecule is C=C(C(=O)NC(c1ccccc1)P(=O)(OCC)OCC)c1ccccc1. The minimum atomic E-state index is -3.61. The van der Waals surface area contributed by atoms with E-state index < -0.39 is 19.3 Å². The first-order valence-electron chi connectivity index (χ1n) is 8.50. The monoisotopic (exact) mass is 373 g/mol. The first-order valence-corrected chi connectivity index (χ1v) is 10.1. The van der Waals surface area contributed by atoms with Crippen LogP contribution in [0, 0.1) is 0 Å². The summed E-state index contributed by atoms with van der Waals surface area (Å²) in [6, 6.07) is 18.1. The van der Waals surface area contributed by atoms with E-state index in [-0.39, 0.29) is 18.8 Å². The molecular formula is C20H24NO4P. The van der Waals surface area contributed by atoms with E-state index in [4.69, 9.17) is 9.05 Å². The molecule has 0 aromatic heterocycles. The minimum absolute atomic E-state index is 0.204. The second kappa shape index (κ2) is 9.48. The van der Waals surface area contributed by atoms with Gasteiger partial charge in [-0.05, 0) is 25.0 Å². The molecule has 1 unspecified atom stereocenters. The molecule has 0 heterocycles. The Labute approximate surface area is 154 Å². The Bertz CT molecular complexity index is 767. The Hall–Kier alpha value is -2.20. The average molecular weight is 373 g/mol. The highest BCUT2D eigenvalue weighted by molar-refractivity contribution is 7.54. The third kappa shape index (κ3) is 4.92. The lowest BCUT2D eigenvalue weighted by Gasteiger charge is -2.27. The highest BCUT2D eigenvalue weighted by atomic mass is 31.2. The summed E-state index contributed by atoms with van der Waals surface area (Å²) >= 11 is 0. The van der Waals surface area contributed by atoms with Crippen molar-refractivity contribution >= 4 is 19.1 Å². The first kappa shape index (κ1) is 20.1. The van der Waals surface area contributed by atoms with Crippen LogP contribution in [0.2, 0.25) is 0 Å². The van der Waals surface area contributed by atoms with Crippen molar-refractivity contribution in [3.63, 3.8) is 0 Å². The molecular weight excluding hydrogens is 349 g/mol. The van der Waals surface area contributed by atoms with E-state index in [1.165, 1.54) is 0 Å². The molecule has 2 aromatic carbocycles. The minimum Gasteiger partial charge on any atom is -0.334 e. The molecule has 1 atom stereocenters. The highest BCUT2D eigenvalue weighted by Gasteiger charge is 2.38. The molecule has 2 rings (SSSR count). The van der Waals surface area contributed by atoms with E-state index in [2.05, 4.69) is 11.9 Å². The van der Waals surface area contributed by atoms with Crippen LogP contribution in [0.4, 0.5) is 0 Å². The van der Waals surface area contributed by atoms with Gasteiger partial charge in [-0.3, -0.25) is 9.36 Å². The van der Waals surface area contributed by atoms with E-state index in [0.29, 0.717) is 11.1 Å². The summed E-state index contributed by atoms with van der Waals surface area (Å²) in [5.41, 5.74) is 1.62. The number of carbonyl (C=O) groups is 1. The quantitative estimate of drug-likeness (QED) is 0.507. The van der Waals surface area contributed by atoms with Crippen LogP contribution in [-0.2, 0) is 18.4 Å². The van der Waals surface area contributed by atoms with Gasteiger partial charge >= 0.3 is 7.60 Å². The van der Waals surface area contributed by atoms with Crippen LogP contribution in [0.15, 0.2) is 67.2 Å². The standard InChI is InChI=1S/C20H24NO4P/c1-4-24-26(23,25-5-2)20(18-14-10-7-11-15-18)21-19(22)16(3)17-12-8-6-9-13-17/h6-15,20H,3-5H2,1-2H3,(H,21,22). The van der Waals surface area contributed by atoms with Gasteiger partial charge in [0, 0.05) is 5.57 Å². The highest BCUT2D eigenvalue weighted by Crippen LogP contribution is 2.59. The first-order chi connectivity index (χ1) is 12.5. The van der Waals surface area contributed by atoms with Crippen LogP contribution in [0.1, 0.15) is 30.8 Å². The van der Waals surface area contributed by atoms with Crippen molar-refractivity contribution in [3.05, 3.63) is 78.4 Å². The Morgan fingerprint density at radius 3 is 2.00 bits per heavy atom. The molecule has 0 aliphatic heterocycles. The molecule has 26 heavy (non-hydrogen) atoms. The van der Waals surface area contributed by atoms with Gasteiger partial charge in [-0.2, -0.15) is 0 Å². The molecule has 1 N–H and O–H groups in total. The van der Waals surface area contributed by atoms with Gasteiger partial charge < -0.3 is 14.4 Å². The molecule has 0 fully saturated rings. The van der Waals surface area contributed by atoms with E-state index in [1.54, 1.807) is 38.1 Å². The Kier molecular flexibility index (Phi) is 7.34. The zero-order chi connectivity index (χ0) is 19.0. The third-order valence-electron chi connectivity index (χ3n) is 3.71. The van der Waals surface area contributed by atoms with Crippen LogP contribution >= 0.6 is 7.60 Å². The third-order valence-corrected chi connectivity index (χ3v) is 6.01. The number of amides is 1. The summed E-state index contributed by atoms with van der Waals surface area (Å²) in [5.74, 6) is -1.35. The fourth-order valence-corrected chi connectivity index (χ4v) is 4.41. The van der Waals surface area contributed by atoms with E-state index >= 15 is 0 Å². The number of carbonyl (C=O) groups excluding carboxylic acids is 1. The molecule has 0 spiro atoms.